The standard InChI is InChI=1S/C19H23FN2O3/c1-14(2)12-22(19(24)16-8-10-25-13-16)9-7-18(23)21-11-15-3-5-17(20)6-4-15/h3-6,8,10,13-14H,7,9,11-12H2,1-2H3,(H,21,23). The molecule has 0 saturated heterocycles. The van der Waals surface area contributed by atoms with E-state index in [1.54, 1.807) is 23.1 Å². The summed E-state index contributed by atoms with van der Waals surface area (Å²) < 4.78 is 17.8. The lowest BCUT2D eigenvalue weighted by Crippen LogP contribution is -2.37. The minimum atomic E-state index is -0.308. The van der Waals surface area contributed by atoms with Gasteiger partial charge in [0.25, 0.3) is 5.91 Å². The summed E-state index contributed by atoms with van der Waals surface area (Å²) in [5.41, 5.74) is 1.30. The highest BCUT2D eigenvalue weighted by atomic mass is 19.1. The van der Waals surface area contributed by atoms with Crippen molar-refractivity contribution < 1.29 is 18.4 Å². The summed E-state index contributed by atoms with van der Waals surface area (Å²) in [5.74, 6) is -0.317. The van der Waals surface area contributed by atoms with Crippen LogP contribution in [0.3, 0.4) is 0 Å². The van der Waals surface area contributed by atoms with E-state index in [4.69, 9.17) is 4.42 Å². The molecule has 0 atom stereocenters. The summed E-state index contributed by atoms with van der Waals surface area (Å²) >= 11 is 0. The van der Waals surface area contributed by atoms with Crippen LogP contribution in [0, 0.1) is 11.7 Å². The van der Waals surface area contributed by atoms with E-state index < -0.39 is 0 Å². The van der Waals surface area contributed by atoms with Crippen molar-refractivity contribution in [3.63, 3.8) is 0 Å². The first-order valence-electron chi connectivity index (χ1n) is 8.28. The van der Waals surface area contributed by atoms with Crippen LogP contribution in [0.25, 0.3) is 0 Å². The number of hydrogen-bond donors (Lipinski definition) is 1. The largest absolute Gasteiger partial charge is 0.472 e. The molecule has 0 spiro atoms. The molecule has 134 valence electrons. The molecule has 6 heteroatoms. The summed E-state index contributed by atoms with van der Waals surface area (Å²) in [6.45, 7) is 5.26. The molecule has 0 saturated carbocycles. The Morgan fingerprint density at radius 2 is 1.92 bits per heavy atom. The van der Waals surface area contributed by atoms with Gasteiger partial charge in [0.1, 0.15) is 12.1 Å². The van der Waals surface area contributed by atoms with Crippen LogP contribution in [0.4, 0.5) is 4.39 Å². The zero-order valence-electron chi connectivity index (χ0n) is 14.5. The number of nitrogens with zero attached hydrogens (tertiary/aromatic N) is 1. The zero-order chi connectivity index (χ0) is 18.2. The Balaban J connectivity index is 1.85. The third kappa shape index (κ3) is 6.06. The molecule has 0 fully saturated rings. The summed E-state index contributed by atoms with van der Waals surface area (Å²) in [5, 5.41) is 2.78. The lowest BCUT2D eigenvalue weighted by Gasteiger charge is -2.24. The molecule has 25 heavy (non-hydrogen) atoms. The Hall–Kier alpha value is -2.63. The van der Waals surface area contributed by atoms with Gasteiger partial charge in [-0.05, 0) is 29.7 Å². The van der Waals surface area contributed by atoms with Crippen molar-refractivity contribution in [1.82, 2.24) is 10.2 Å². The van der Waals surface area contributed by atoms with Crippen molar-refractivity contribution in [2.24, 2.45) is 5.92 Å². The molecule has 1 N–H and O–H groups in total. The van der Waals surface area contributed by atoms with E-state index in [1.165, 1.54) is 24.7 Å². The summed E-state index contributed by atoms with van der Waals surface area (Å²) in [7, 11) is 0. The lowest BCUT2D eigenvalue weighted by molar-refractivity contribution is -0.121. The summed E-state index contributed by atoms with van der Waals surface area (Å²) in [6.07, 6.45) is 3.07. The highest BCUT2D eigenvalue weighted by Gasteiger charge is 2.18. The maximum Gasteiger partial charge on any atom is 0.257 e. The van der Waals surface area contributed by atoms with Gasteiger partial charge in [-0.2, -0.15) is 0 Å². The number of carbonyl (C=O) groups excluding carboxylic acids is 2. The predicted molar refractivity (Wildman–Crippen MR) is 92.3 cm³/mol. The lowest BCUT2D eigenvalue weighted by atomic mass is 10.1. The molecule has 5 nitrogen and oxygen atoms in total. The number of carbonyl (C=O) groups is 2. The number of benzene rings is 1. The Morgan fingerprint density at radius 1 is 1.20 bits per heavy atom. The fraction of sp³-hybridized carbons (Fsp3) is 0.368. The van der Waals surface area contributed by atoms with E-state index in [1.807, 2.05) is 13.8 Å². The van der Waals surface area contributed by atoms with Crippen molar-refractivity contribution >= 4 is 11.8 Å². The summed E-state index contributed by atoms with van der Waals surface area (Å²) in [6, 6.07) is 7.58. The van der Waals surface area contributed by atoms with Crippen LogP contribution in [-0.4, -0.2) is 29.8 Å². The first-order valence-corrected chi connectivity index (χ1v) is 8.28. The quantitative estimate of drug-likeness (QED) is 0.798. The van der Waals surface area contributed by atoms with Crippen LogP contribution in [0.5, 0.6) is 0 Å². The Labute approximate surface area is 146 Å². The molecule has 0 aliphatic heterocycles. The normalized spacial score (nSPS) is 10.7. The Kier molecular flexibility index (Phi) is 6.74. The maximum atomic E-state index is 12.9. The molecule has 2 amide bonds. The van der Waals surface area contributed by atoms with Gasteiger partial charge in [0, 0.05) is 26.1 Å². The van der Waals surface area contributed by atoms with Gasteiger partial charge in [0.15, 0.2) is 0 Å². The van der Waals surface area contributed by atoms with Crippen LogP contribution in [0.15, 0.2) is 47.3 Å². The molecule has 2 rings (SSSR count). The van der Waals surface area contributed by atoms with Gasteiger partial charge in [-0.25, -0.2) is 4.39 Å². The average molecular weight is 346 g/mol. The van der Waals surface area contributed by atoms with Crippen molar-refractivity contribution in [3.8, 4) is 0 Å². The molecule has 0 unspecified atom stereocenters. The van der Waals surface area contributed by atoms with Gasteiger partial charge in [-0.15, -0.1) is 0 Å². The molecule has 1 aromatic heterocycles. The van der Waals surface area contributed by atoms with Gasteiger partial charge in [0.05, 0.1) is 11.8 Å². The van der Waals surface area contributed by atoms with Crippen LogP contribution in [0.2, 0.25) is 0 Å². The van der Waals surface area contributed by atoms with Gasteiger partial charge in [-0.3, -0.25) is 9.59 Å². The van der Waals surface area contributed by atoms with E-state index in [-0.39, 0.29) is 30.0 Å². The predicted octanol–water partition coefficient (Wildman–Crippen LogP) is 3.22. The highest BCUT2D eigenvalue weighted by molar-refractivity contribution is 5.94. The molecule has 0 bridgehead atoms. The fourth-order valence-electron chi connectivity index (χ4n) is 2.41. The molecule has 0 radical (unpaired) electrons. The van der Waals surface area contributed by atoms with Crippen LogP contribution in [0.1, 0.15) is 36.2 Å². The van der Waals surface area contributed by atoms with Crippen molar-refractivity contribution in [2.75, 3.05) is 13.1 Å². The van der Waals surface area contributed by atoms with Gasteiger partial charge < -0.3 is 14.6 Å². The van der Waals surface area contributed by atoms with E-state index in [0.29, 0.717) is 25.2 Å². The SMILES string of the molecule is CC(C)CN(CCC(=O)NCc1ccc(F)cc1)C(=O)c1ccoc1. The number of halogens is 1. The zero-order valence-corrected chi connectivity index (χ0v) is 14.5. The molecular formula is C19H23FN2O3. The third-order valence-electron chi connectivity index (χ3n) is 3.65. The smallest absolute Gasteiger partial charge is 0.257 e. The second-order valence-corrected chi connectivity index (χ2v) is 6.31. The molecule has 1 aromatic carbocycles. The second kappa shape index (κ2) is 9.01. The minimum Gasteiger partial charge on any atom is -0.472 e. The van der Waals surface area contributed by atoms with Crippen molar-refractivity contribution in [1.29, 1.82) is 0 Å². The monoisotopic (exact) mass is 346 g/mol. The molecule has 1 heterocycles. The molecular weight excluding hydrogens is 323 g/mol. The van der Waals surface area contributed by atoms with Crippen LogP contribution < -0.4 is 5.32 Å². The average Bonchev–Trinajstić information content (AvgIpc) is 3.11. The van der Waals surface area contributed by atoms with Crippen molar-refractivity contribution in [2.45, 2.75) is 26.8 Å². The Bertz CT molecular complexity index is 681. The van der Waals surface area contributed by atoms with E-state index in [0.717, 1.165) is 5.56 Å². The van der Waals surface area contributed by atoms with Gasteiger partial charge >= 0.3 is 0 Å². The van der Waals surface area contributed by atoms with E-state index in [9.17, 15) is 14.0 Å². The maximum absolute atomic E-state index is 12.9. The highest BCUT2D eigenvalue weighted by Crippen LogP contribution is 2.09. The topological polar surface area (TPSA) is 62.6 Å². The second-order valence-electron chi connectivity index (χ2n) is 6.31. The van der Waals surface area contributed by atoms with Crippen molar-refractivity contribution in [3.05, 3.63) is 59.8 Å². The number of furan rings is 1. The van der Waals surface area contributed by atoms with Gasteiger partial charge in [0.2, 0.25) is 5.91 Å². The van der Waals surface area contributed by atoms with Gasteiger partial charge in [-0.1, -0.05) is 26.0 Å². The number of nitrogens with one attached hydrogen (secondary N) is 1. The van der Waals surface area contributed by atoms with Crippen LogP contribution in [-0.2, 0) is 11.3 Å². The minimum absolute atomic E-state index is 0.145. The first-order chi connectivity index (χ1) is 12.0. The number of amides is 2. The van der Waals surface area contributed by atoms with Crippen LogP contribution >= 0.6 is 0 Å². The first kappa shape index (κ1) is 18.7. The molecule has 0 aliphatic carbocycles. The molecule has 2 aromatic rings. The molecule has 0 aliphatic rings. The van der Waals surface area contributed by atoms with E-state index in [2.05, 4.69) is 5.32 Å². The number of hydrogen-bond acceptors (Lipinski definition) is 3. The number of rotatable bonds is 8. The van der Waals surface area contributed by atoms with E-state index >= 15 is 0 Å². The summed E-state index contributed by atoms with van der Waals surface area (Å²) in [4.78, 5) is 26.2. The fourth-order valence-corrected chi connectivity index (χ4v) is 2.41. The Morgan fingerprint density at radius 3 is 2.52 bits per heavy atom. The third-order valence-corrected chi connectivity index (χ3v) is 3.65.